The van der Waals surface area contributed by atoms with Gasteiger partial charge in [-0.1, -0.05) is 0 Å². The van der Waals surface area contributed by atoms with Crippen LogP contribution in [0.25, 0.3) is 0 Å². The van der Waals surface area contributed by atoms with Gasteiger partial charge in [0.1, 0.15) is 0 Å². The summed E-state index contributed by atoms with van der Waals surface area (Å²) >= 11 is 1.61. The summed E-state index contributed by atoms with van der Waals surface area (Å²) in [6.07, 6.45) is 0. The van der Waals surface area contributed by atoms with Crippen molar-refractivity contribution in [2.45, 2.75) is 39.0 Å². The molecule has 0 spiro atoms. The average Bonchev–Trinajstić information content (AvgIpc) is 2.78. The molecule has 1 rings (SSSR count). The second-order valence-corrected chi connectivity index (χ2v) is 10.0. The third-order valence-corrected chi connectivity index (χ3v) is 6.66. The van der Waals surface area contributed by atoms with Crippen molar-refractivity contribution in [1.82, 2.24) is 15.2 Å². The van der Waals surface area contributed by atoms with E-state index in [1.54, 1.807) is 39.2 Å². The molecule has 134 valence electrons. The first-order chi connectivity index (χ1) is 10.1. The lowest BCUT2D eigenvalue weighted by molar-refractivity contribution is 0.472. The van der Waals surface area contributed by atoms with Crippen molar-refractivity contribution in [2.24, 2.45) is 4.99 Å². The summed E-state index contributed by atoms with van der Waals surface area (Å²) in [6, 6.07) is 0. The molecule has 1 heterocycles. The predicted molar refractivity (Wildman–Crippen MR) is 109 cm³/mol. The van der Waals surface area contributed by atoms with Crippen molar-refractivity contribution in [3.8, 4) is 0 Å². The van der Waals surface area contributed by atoms with E-state index < -0.39 is 14.6 Å². The first-order valence-corrected chi connectivity index (χ1v) is 9.65. The number of hydrogen-bond acceptors (Lipinski definition) is 5. The molecule has 0 radical (unpaired) electrons. The van der Waals surface area contributed by atoms with Gasteiger partial charge in [0, 0.05) is 26.0 Å². The third kappa shape index (κ3) is 6.92. The zero-order chi connectivity index (χ0) is 17.0. The number of guanidine groups is 1. The smallest absolute Gasteiger partial charge is 0.193 e. The van der Waals surface area contributed by atoms with E-state index in [9.17, 15) is 8.42 Å². The largest absolute Gasteiger partial charge is 0.355 e. The fourth-order valence-electron chi connectivity index (χ4n) is 1.79. The van der Waals surface area contributed by atoms with Crippen LogP contribution in [0, 0.1) is 6.92 Å². The zero-order valence-corrected chi connectivity index (χ0v) is 18.5. The molecule has 0 aliphatic heterocycles. The Morgan fingerprint density at radius 3 is 2.48 bits per heavy atom. The first kappa shape index (κ1) is 22.6. The molecule has 0 amide bonds. The topological polar surface area (TPSA) is 74.7 Å². The maximum Gasteiger partial charge on any atom is 0.193 e. The zero-order valence-electron chi connectivity index (χ0n) is 14.6. The molecule has 9 heteroatoms. The van der Waals surface area contributed by atoms with Gasteiger partial charge in [-0.15, -0.1) is 35.3 Å². The molecule has 0 bridgehead atoms. The van der Waals surface area contributed by atoms with E-state index in [0.717, 1.165) is 10.7 Å². The molecule has 6 nitrogen and oxygen atoms in total. The third-order valence-electron chi connectivity index (χ3n) is 3.23. The Hall–Kier alpha value is -0.420. The fourth-order valence-corrected chi connectivity index (χ4v) is 3.37. The number of halogens is 1. The summed E-state index contributed by atoms with van der Waals surface area (Å²) in [4.78, 5) is 10.5. The number of aromatic nitrogens is 1. The Balaban J connectivity index is 0.00000484. The van der Waals surface area contributed by atoms with Gasteiger partial charge in [0.2, 0.25) is 0 Å². The van der Waals surface area contributed by atoms with Crippen LogP contribution in [-0.2, 0) is 16.4 Å². The van der Waals surface area contributed by atoms with Crippen LogP contribution in [0.2, 0.25) is 0 Å². The van der Waals surface area contributed by atoms with E-state index in [1.165, 1.54) is 0 Å². The van der Waals surface area contributed by atoms with Gasteiger partial charge < -0.3 is 10.2 Å². The molecule has 1 N–H and O–H groups in total. The molecule has 0 fully saturated rings. The number of aryl methyl sites for hydroxylation is 1. The lowest BCUT2D eigenvalue weighted by atomic mass is 10.3. The van der Waals surface area contributed by atoms with Gasteiger partial charge in [0.15, 0.2) is 15.8 Å². The van der Waals surface area contributed by atoms with Gasteiger partial charge in [-0.25, -0.2) is 13.4 Å². The Bertz CT molecular complexity index is 621. The normalized spacial score (nSPS) is 12.7. The van der Waals surface area contributed by atoms with E-state index in [-0.39, 0.29) is 29.7 Å². The highest BCUT2D eigenvalue weighted by Crippen LogP contribution is 2.15. The van der Waals surface area contributed by atoms with Gasteiger partial charge in [0.05, 0.1) is 27.7 Å². The summed E-state index contributed by atoms with van der Waals surface area (Å²) in [5.74, 6) is 0.744. The monoisotopic (exact) mass is 474 g/mol. The molecule has 0 atom stereocenters. The molecular weight excluding hydrogens is 447 g/mol. The Morgan fingerprint density at radius 1 is 1.43 bits per heavy atom. The predicted octanol–water partition coefficient (Wildman–Crippen LogP) is 2.29. The summed E-state index contributed by atoms with van der Waals surface area (Å²) < 4.78 is 23.4. The fraction of sp³-hybridized carbons (Fsp3) is 0.714. The highest BCUT2D eigenvalue weighted by Gasteiger charge is 2.28. The van der Waals surface area contributed by atoms with Crippen molar-refractivity contribution < 1.29 is 8.42 Å². The Kier molecular flexibility index (Phi) is 9.00. The number of nitrogens with zero attached hydrogens (tertiary/aromatic N) is 3. The van der Waals surface area contributed by atoms with Gasteiger partial charge in [0.25, 0.3) is 0 Å². The van der Waals surface area contributed by atoms with Gasteiger partial charge in [-0.2, -0.15) is 0 Å². The molecule has 0 aliphatic carbocycles. The summed E-state index contributed by atoms with van der Waals surface area (Å²) in [7, 11) is 0.459. The second-order valence-electron chi connectivity index (χ2n) is 6.12. The highest BCUT2D eigenvalue weighted by molar-refractivity contribution is 14.0. The van der Waals surface area contributed by atoms with E-state index in [4.69, 9.17) is 0 Å². The van der Waals surface area contributed by atoms with Crippen LogP contribution in [0.4, 0.5) is 0 Å². The number of hydrogen-bond donors (Lipinski definition) is 1. The number of aliphatic imine (C=N–C) groups is 1. The van der Waals surface area contributed by atoms with Gasteiger partial charge in [-0.3, -0.25) is 4.99 Å². The second kappa shape index (κ2) is 9.16. The molecular formula is C14H27IN4O2S2. The lowest BCUT2D eigenvalue weighted by Gasteiger charge is -2.23. The van der Waals surface area contributed by atoms with Gasteiger partial charge >= 0.3 is 0 Å². The minimum atomic E-state index is -3.13. The number of nitrogens with one attached hydrogen (secondary N) is 1. The molecule has 0 unspecified atom stereocenters. The van der Waals surface area contributed by atoms with Gasteiger partial charge in [-0.05, 0) is 27.7 Å². The lowest BCUT2D eigenvalue weighted by Crippen LogP contribution is -2.42. The molecule has 0 saturated heterocycles. The molecule has 23 heavy (non-hydrogen) atoms. The Labute approximate surface area is 160 Å². The van der Waals surface area contributed by atoms with Crippen LogP contribution in [0.15, 0.2) is 10.4 Å². The summed E-state index contributed by atoms with van der Waals surface area (Å²) in [5, 5.41) is 6.14. The maximum absolute atomic E-state index is 12.1. The summed E-state index contributed by atoms with van der Waals surface area (Å²) in [6.45, 7) is 8.09. The molecule has 1 aromatic rings. The van der Waals surface area contributed by atoms with Crippen LogP contribution in [-0.4, -0.2) is 55.4 Å². The standard InChI is InChI=1S/C14H26N4O2S2.HI/c1-11-17-12(10-21-11)9-18(6)13(15-5)16-7-8-22(19,20)14(2,3)4;/h10H,7-9H2,1-6H3,(H,15,16);1H. The SMILES string of the molecule is CN=C(NCCS(=O)(=O)C(C)(C)C)N(C)Cc1csc(C)n1.I. The van der Waals surface area contributed by atoms with E-state index in [1.807, 2.05) is 24.3 Å². The van der Waals surface area contributed by atoms with Crippen molar-refractivity contribution in [2.75, 3.05) is 26.4 Å². The number of rotatable bonds is 5. The van der Waals surface area contributed by atoms with Crippen molar-refractivity contribution >= 4 is 51.1 Å². The number of sulfone groups is 1. The van der Waals surface area contributed by atoms with Crippen LogP contribution < -0.4 is 5.32 Å². The molecule has 0 aromatic carbocycles. The molecule has 1 aromatic heterocycles. The van der Waals surface area contributed by atoms with E-state index in [2.05, 4.69) is 15.3 Å². The minimum Gasteiger partial charge on any atom is -0.355 e. The van der Waals surface area contributed by atoms with Crippen LogP contribution in [0.3, 0.4) is 0 Å². The van der Waals surface area contributed by atoms with Crippen molar-refractivity contribution in [3.63, 3.8) is 0 Å². The van der Waals surface area contributed by atoms with Crippen molar-refractivity contribution in [1.29, 1.82) is 0 Å². The van der Waals surface area contributed by atoms with E-state index >= 15 is 0 Å². The quantitative estimate of drug-likeness (QED) is 0.403. The average molecular weight is 474 g/mol. The van der Waals surface area contributed by atoms with Crippen LogP contribution in [0.5, 0.6) is 0 Å². The van der Waals surface area contributed by atoms with E-state index in [0.29, 0.717) is 19.0 Å². The summed E-state index contributed by atoms with van der Waals surface area (Å²) in [5.41, 5.74) is 0.982. The molecule has 0 aliphatic rings. The highest BCUT2D eigenvalue weighted by atomic mass is 127. The van der Waals surface area contributed by atoms with Crippen molar-refractivity contribution in [3.05, 3.63) is 16.1 Å². The maximum atomic E-state index is 12.1. The Morgan fingerprint density at radius 2 is 2.04 bits per heavy atom. The van der Waals surface area contributed by atoms with Crippen LogP contribution in [0.1, 0.15) is 31.5 Å². The minimum absolute atomic E-state index is 0. The number of thiazole rings is 1. The van der Waals surface area contributed by atoms with Crippen LogP contribution >= 0.6 is 35.3 Å². The molecule has 0 saturated carbocycles. The first-order valence-electron chi connectivity index (χ1n) is 7.12.